The number of benzene rings is 1. The summed E-state index contributed by atoms with van der Waals surface area (Å²) in [5, 5.41) is 9.08. The molecule has 0 atom stereocenters. The van der Waals surface area contributed by atoms with Gasteiger partial charge in [-0.3, -0.25) is 4.99 Å². The highest BCUT2D eigenvalue weighted by Crippen LogP contribution is 2.12. The van der Waals surface area contributed by atoms with Crippen LogP contribution in [0.2, 0.25) is 0 Å². The Morgan fingerprint density at radius 2 is 1.92 bits per heavy atom. The quantitative estimate of drug-likeness (QED) is 0.690. The number of aliphatic imine (C=N–C) groups is 2. The van der Waals surface area contributed by atoms with Crippen LogP contribution in [0.25, 0.3) is 0 Å². The third-order valence-corrected chi connectivity index (χ3v) is 1.86. The number of hydrogen-bond acceptors (Lipinski definition) is 3. The van der Waals surface area contributed by atoms with Crippen molar-refractivity contribution in [3.8, 4) is 5.75 Å². The molecule has 0 amide bonds. The van der Waals surface area contributed by atoms with Crippen LogP contribution in [0.1, 0.15) is 12.0 Å². The van der Waals surface area contributed by atoms with Crippen molar-refractivity contribution in [2.75, 3.05) is 6.54 Å². The number of phenols is 1. The van der Waals surface area contributed by atoms with Gasteiger partial charge in [-0.2, -0.15) is 0 Å². The van der Waals surface area contributed by atoms with Crippen LogP contribution in [-0.2, 0) is 0 Å². The Bertz CT molecular complexity index is 352. The molecule has 1 N–H and O–H groups in total. The van der Waals surface area contributed by atoms with E-state index in [2.05, 4.69) is 9.98 Å². The minimum atomic E-state index is 0.268. The van der Waals surface area contributed by atoms with Crippen LogP contribution in [0, 0.1) is 0 Å². The van der Waals surface area contributed by atoms with E-state index in [4.69, 9.17) is 5.11 Å². The van der Waals surface area contributed by atoms with Crippen LogP contribution in [0.5, 0.6) is 5.75 Å². The van der Waals surface area contributed by atoms with E-state index in [1.165, 1.54) is 0 Å². The molecule has 1 heterocycles. The predicted molar refractivity (Wildman–Crippen MR) is 52.6 cm³/mol. The number of aromatic hydroxyl groups is 1. The third kappa shape index (κ3) is 1.75. The van der Waals surface area contributed by atoms with Gasteiger partial charge in [0, 0.05) is 24.7 Å². The zero-order chi connectivity index (χ0) is 9.10. The molecule has 2 rings (SSSR count). The predicted octanol–water partition coefficient (Wildman–Crippen LogP) is 1.61. The van der Waals surface area contributed by atoms with Crippen LogP contribution in [0.3, 0.4) is 0 Å². The molecule has 0 bridgehead atoms. The minimum absolute atomic E-state index is 0.268. The normalized spacial score (nSPS) is 15.5. The van der Waals surface area contributed by atoms with Gasteiger partial charge in [0.1, 0.15) is 5.75 Å². The Morgan fingerprint density at radius 3 is 2.54 bits per heavy atom. The van der Waals surface area contributed by atoms with Crippen molar-refractivity contribution in [3.63, 3.8) is 0 Å². The average Bonchev–Trinajstić information content (AvgIpc) is 2.20. The third-order valence-electron chi connectivity index (χ3n) is 1.86. The molecule has 3 heteroatoms. The summed E-state index contributed by atoms with van der Waals surface area (Å²) in [6, 6.07) is 6.91. The fraction of sp³-hybridized carbons (Fsp3) is 0.200. The van der Waals surface area contributed by atoms with Gasteiger partial charge in [-0.1, -0.05) is 0 Å². The van der Waals surface area contributed by atoms with Crippen LogP contribution < -0.4 is 0 Å². The first kappa shape index (κ1) is 7.98. The molecule has 1 aliphatic heterocycles. The van der Waals surface area contributed by atoms with E-state index in [9.17, 15) is 0 Å². The summed E-state index contributed by atoms with van der Waals surface area (Å²) < 4.78 is 0. The lowest BCUT2D eigenvalue weighted by Gasteiger charge is -2.04. The van der Waals surface area contributed by atoms with E-state index in [0.717, 1.165) is 24.4 Å². The summed E-state index contributed by atoms with van der Waals surface area (Å²) in [6.45, 7) is 0.805. The highest BCUT2D eigenvalue weighted by Gasteiger charge is 2.03. The number of hydrogen-bond donors (Lipinski definition) is 1. The Labute approximate surface area is 76.5 Å². The van der Waals surface area contributed by atoms with Gasteiger partial charge >= 0.3 is 0 Å². The first-order valence-corrected chi connectivity index (χ1v) is 4.22. The lowest BCUT2D eigenvalue weighted by molar-refractivity contribution is 0.475. The largest absolute Gasteiger partial charge is 0.508 e. The van der Waals surface area contributed by atoms with E-state index in [-0.39, 0.29) is 5.75 Å². The number of rotatable bonds is 1. The van der Waals surface area contributed by atoms with E-state index < -0.39 is 0 Å². The fourth-order valence-electron chi connectivity index (χ4n) is 1.20. The van der Waals surface area contributed by atoms with Crippen LogP contribution >= 0.6 is 0 Å². The molecule has 0 aromatic heterocycles. The van der Waals surface area contributed by atoms with Gasteiger partial charge in [0.15, 0.2) is 5.84 Å². The molecule has 0 aliphatic carbocycles. The number of phenolic OH excluding ortho intramolecular Hbond substituents is 1. The topological polar surface area (TPSA) is 45.0 Å². The second-order valence-electron chi connectivity index (χ2n) is 2.85. The molecule has 0 spiro atoms. The van der Waals surface area contributed by atoms with Gasteiger partial charge < -0.3 is 5.11 Å². The van der Waals surface area contributed by atoms with Gasteiger partial charge in [-0.25, -0.2) is 4.99 Å². The second-order valence-corrected chi connectivity index (χ2v) is 2.85. The SMILES string of the molecule is Oc1ccc(C2=NCCC=N2)cc1. The number of nitrogens with zero attached hydrogens (tertiary/aromatic N) is 2. The van der Waals surface area contributed by atoms with Crippen molar-refractivity contribution in [1.82, 2.24) is 0 Å². The Hall–Kier alpha value is -1.64. The molecule has 66 valence electrons. The molecule has 0 fully saturated rings. The molecular weight excluding hydrogens is 164 g/mol. The van der Waals surface area contributed by atoms with Gasteiger partial charge in [0.2, 0.25) is 0 Å². The summed E-state index contributed by atoms with van der Waals surface area (Å²) >= 11 is 0. The van der Waals surface area contributed by atoms with E-state index in [0.29, 0.717) is 0 Å². The smallest absolute Gasteiger partial charge is 0.154 e. The van der Waals surface area contributed by atoms with Crippen molar-refractivity contribution >= 4 is 12.1 Å². The van der Waals surface area contributed by atoms with Crippen molar-refractivity contribution in [2.24, 2.45) is 9.98 Å². The second kappa shape index (κ2) is 3.39. The number of amidine groups is 1. The fourth-order valence-corrected chi connectivity index (χ4v) is 1.20. The molecule has 3 nitrogen and oxygen atoms in total. The summed E-state index contributed by atoms with van der Waals surface area (Å²) in [7, 11) is 0. The van der Waals surface area contributed by atoms with E-state index >= 15 is 0 Å². The highest BCUT2D eigenvalue weighted by molar-refractivity contribution is 6.03. The van der Waals surface area contributed by atoms with Crippen molar-refractivity contribution in [3.05, 3.63) is 29.8 Å². The summed E-state index contributed by atoms with van der Waals surface area (Å²) in [5.41, 5.74) is 0.953. The lowest BCUT2D eigenvalue weighted by atomic mass is 10.2. The molecule has 1 aliphatic rings. The van der Waals surface area contributed by atoms with Crippen molar-refractivity contribution < 1.29 is 5.11 Å². The Balaban J connectivity index is 2.30. The zero-order valence-electron chi connectivity index (χ0n) is 7.14. The molecule has 1 aromatic rings. The maximum absolute atomic E-state index is 9.08. The van der Waals surface area contributed by atoms with Gasteiger partial charge in [0.05, 0.1) is 0 Å². The average molecular weight is 174 g/mol. The molecule has 0 saturated heterocycles. The van der Waals surface area contributed by atoms with Gasteiger partial charge in [-0.05, 0) is 24.3 Å². The van der Waals surface area contributed by atoms with Gasteiger partial charge in [0.25, 0.3) is 0 Å². The summed E-state index contributed by atoms with van der Waals surface area (Å²) in [5.74, 6) is 1.02. The minimum Gasteiger partial charge on any atom is -0.508 e. The van der Waals surface area contributed by atoms with E-state index in [1.807, 2.05) is 18.3 Å². The van der Waals surface area contributed by atoms with Crippen LogP contribution in [0.4, 0.5) is 0 Å². The lowest BCUT2D eigenvalue weighted by Crippen LogP contribution is -2.04. The standard InChI is InChI=1S/C10H10N2O/c13-9-4-2-8(3-5-9)10-11-6-1-7-12-10/h2-6,13H,1,7H2. The summed E-state index contributed by atoms with van der Waals surface area (Å²) in [6.07, 6.45) is 2.79. The first-order chi connectivity index (χ1) is 6.36. The first-order valence-electron chi connectivity index (χ1n) is 4.22. The molecule has 0 saturated carbocycles. The Morgan fingerprint density at radius 1 is 1.15 bits per heavy atom. The zero-order valence-corrected chi connectivity index (χ0v) is 7.14. The molecule has 1 aromatic carbocycles. The maximum Gasteiger partial charge on any atom is 0.154 e. The molecule has 13 heavy (non-hydrogen) atoms. The molecule has 0 unspecified atom stereocenters. The van der Waals surface area contributed by atoms with Crippen molar-refractivity contribution in [2.45, 2.75) is 6.42 Å². The summed E-state index contributed by atoms with van der Waals surface area (Å²) in [4.78, 5) is 8.44. The van der Waals surface area contributed by atoms with Crippen LogP contribution in [0.15, 0.2) is 34.3 Å². The highest BCUT2D eigenvalue weighted by atomic mass is 16.3. The maximum atomic E-state index is 9.08. The molecule has 0 radical (unpaired) electrons. The Kier molecular flexibility index (Phi) is 2.08. The van der Waals surface area contributed by atoms with Crippen LogP contribution in [-0.4, -0.2) is 23.7 Å². The van der Waals surface area contributed by atoms with Crippen molar-refractivity contribution in [1.29, 1.82) is 0 Å². The van der Waals surface area contributed by atoms with Gasteiger partial charge in [-0.15, -0.1) is 0 Å². The monoisotopic (exact) mass is 174 g/mol. The molecular formula is C10H10N2O. The van der Waals surface area contributed by atoms with E-state index in [1.54, 1.807) is 12.1 Å².